The number of nitrogens with one attached hydrogen (secondary N) is 1. The number of aromatic carboxylic acids is 1. The van der Waals surface area contributed by atoms with E-state index < -0.39 is 41.1 Å². The van der Waals surface area contributed by atoms with Crippen molar-refractivity contribution in [2.45, 2.75) is 6.18 Å². The number of carbonyl (C=O) groups excluding carboxylic acids is 1. The zero-order chi connectivity index (χ0) is 23.9. The molecule has 4 rings (SSSR count). The molecule has 0 fully saturated rings. The zero-order valence-corrected chi connectivity index (χ0v) is 16.1. The molecule has 0 aliphatic carbocycles. The maximum absolute atomic E-state index is 13.7. The molecule has 0 spiro atoms. The second kappa shape index (κ2) is 7.93. The quantitative estimate of drug-likeness (QED) is 0.442. The van der Waals surface area contributed by atoms with Crippen LogP contribution in [-0.4, -0.2) is 36.5 Å². The Kier molecular flexibility index (Phi) is 5.24. The standard InChI is InChI=1S/C20H10F5N5O3/c21-10-2-1-3-11(22)16(10)17(31)29-14-7-27-15(8-26-14)30-13-5-4-9(18(32)33)6-12(13)28-19(30)20(23,24)25/h1-8H,(H,32,33)(H,26,29,31). The van der Waals surface area contributed by atoms with Crippen LogP contribution in [0.4, 0.5) is 27.8 Å². The molecule has 1 amide bonds. The Bertz CT molecular complexity index is 1380. The van der Waals surface area contributed by atoms with Crippen molar-refractivity contribution in [3.63, 3.8) is 0 Å². The van der Waals surface area contributed by atoms with Crippen LogP contribution in [-0.2, 0) is 6.18 Å². The number of aromatic nitrogens is 4. The molecule has 0 unspecified atom stereocenters. The number of amides is 1. The van der Waals surface area contributed by atoms with Crippen molar-refractivity contribution in [2.75, 3.05) is 5.32 Å². The first-order valence-electron chi connectivity index (χ1n) is 8.97. The summed E-state index contributed by atoms with van der Waals surface area (Å²) in [4.78, 5) is 34.4. The molecule has 2 aromatic carbocycles. The summed E-state index contributed by atoms with van der Waals surface area (Å²) in [7, 11) is 0. The number of carboxylic acid groups (broad SMARTS) is 1. The number of carboxylic acids is 1. The fourth-order valence-electron chi connectivity index (χ4n) is 3.03. The van der Waals surface area contributed by atoms with Crippen molar-refractivity contribution in [2.24, 2.45) is 0 Å². The Labute approximate surface area is 180 Å². The summed E-state index contributed by atoms with van der Waals surface area (Å²) >= 11 is 0. The van der Waals surface area contributed by atoms with Gasteiger partial charge in [0.25, 0.3) is 5.91 Å². The van der Waals surface area contributed by atoms with Crippen LogP contribution in [0.1, 0.15) is 26.5 Å². The normalized spacial score (nSPS) is 11.5. The molecule has 4 aromatic rings. The highest BCUT2D eigenvalue weighted by atomic mass is 19.4. The monoisotopic (exact) mass is 463 g/mol. The van der Waals surface area contributed by atoms with Crippen LogP contribution < -0.4 is 5.32 Å². The van der Waals surface area contributed by atoms with E-state index in [0.717, 1.165) is 48.8 Å². The van der Waals surface area contributed by atoms with Gasteiger partial charge in [-0.2, -0.15) is 13.2 Å². The van der Waals surface area contributed by atoms with Gasteiger partial charge in [-0.25, -0.2) is 28.5 Å². The summed E-state index contributed by atoms with van der Waals surface area (Å²) in [5.41, 5.74) is -1.45. The van der Waals surface area contributed by atoms with Gasteiger partial charge in [-0.1, -0.05) is 6.07 Å². The molecule has 2 aromatic heterocycles. The number of hydrogen-bond donors (Lipinski definition) is 2. The van der Waals surface area contributed by atoms with Gasteiger partial charge in [0, 0.05) is 0 Å². The average molecular weight is 463 g/mol. The van der Waals surface area contributed by atoms with E-state index >= 15 is 0 Å². The van der Waals surface area contributed by atoms with Gasteiger partial charge < -0.3 is 10.4 Å². The van der Waals surface area contributed by atoms with E-state index in [4.69, 9.17) is 5.11 Å². The second-order valence-corrected chi connectivity index (χ2v) is 6.59. The van der Waals surface area contributed by atoms with Crippen LogP contribution >= 0.6 is 0 Å². The zero-order valence-electron chi connectivity index (χ0n) is 16.1. The maximum atomic E-state index is 13.7. The Morgan fingerprint density at radius 3 is 2.27 bits per heavy atom. The summed E-state index contributed by atoms with van der Waals surface area (Å²) in [6, 6.07) is 6.06. The predicted octanol–water partition coefficient (Wildman–Crippen LogP) is 4.06. The van der Waals surface area contributed by atoms with E-state index in [1.165, 1.54) is 0 Å². The molecule has 0 aliphatic heterocycles. The fourth-order valence-corrected chi connectivity index (χ4v) is 3.03. The summed E-state index contributed by atoms with van der Waals surface area (Å²) in [5.74, 6) is -6.74. The Hall–Kier alpha value is -4.42. The third-order valence-electron chi connectivity index (χ3n) is 4.45. The van der Waals surface area contributed by atoms with Crippen molar-refractivity contribution in [1.29, 1.82) is 0 Å². The minimum Gasteiger partial charge on any atom is -0.478 e. The highest BCUT2D eigenvalue weighted by Crippen LogP contribution is 2.33. The first-order valence-corrected chi connectivity index (χ1v) is 8.97. The number of anilines is 1. The average Bonchev–Trinajstić information content (AvgIpc) is 3.13. The van der Waals surface area contributed by atoms with Crippen LogP contribution in [0.3, 0.4) is 0 Å². The molecule has 0 saturated carbocycles. The number of alkyl halides is 3. The molecule has 0 atom stereocenters. The largest absolute Gasteiger partial charge is 0.478 e. The SMILES string of the molecule is O=C(O)c1ccc2c(c1)nc(C(F)(F)F)n2-c1cnc(NC(=O)c2c(F)cccc2F)cn1. The lowest BCUT2D eigenvalue weighted by atomic mass is 10.2. The van der Waals surface area contributed by atoms with Gasteiger partial charge in [0.2, 0.25) is 5.82 Å². The topological polar surface area (TPSA) is 110 Å². The van der Waals surface area contributed by atoms with Gasteiger partial charge in [-0.05, 0) is 30.3 Å². The van der Waals surface area contributed by atoms with Crippen LogP contribution in [0.25, 0.3) is 16.9 Å². The minimum atomic E-state index is -4.92. The first kappa shape index (κ1) is 21.8. The summed E-state index contributed by atoms with van der Waals surface area (Å²) < 4.78 is 68.8. The van der Waals surface area contributed by atoms with Crippen LogP contribution in [0.5, 0.6) is 0 Å². The van der Waals surface area contributed by atoms with Gasteiger partial charge in [0.1, 0.15) is 17.2 Å². The van der Waals surface area contributed by atoms with Gasteiger partial charge in [0.05, 0.1) is 29.0 Å². The van der Waals surface area contributed by atoms with Gasteiger partial charge in [-0.3, -0.25) is 9.36 Å². The predicted molar refractivity (Wildman–Crippen MR) is 103 cm³/mol. The molecule has 0 aliphatic rings. The Balaban J connectivity index is 1.72. The molecular weight excluding hydrogens is 453 g/mol. The smallest absolute Gasteiger partial charge is 0.450 e. The van der Waals surface area contributed by atoms with Crippen molar-refractivity contribution < 1.29 is 36.6 Å². The number of imidazole rings is 1. The summed E-state index contributed by atoms with van der Waals surface area (Å²) in [6.45, 7) is 0. The highest BCUT2D eigenvalue weighted by Gasteiger charge is 2.38. The molecule has 2 heterocycles. The van der Waals surface area contributed by atoms with E-state index in [1.807, 2.05) is 0 Å². The van der Waals surface area contributed by atoms with Gasteiger partial charge in [0.15, 0.2) is 11.6 Å². The lowest BCUT2D eigenvalue weighted by Crippen LogP contribution is -2.18. The van der Waals surface area contributed by atoms with E-state index in [9.17, 15) is 31.5 Å². The van der Waals surface area contributed by atoms with Crippen molar-refractivity contribution >= 4 is 28.7 Å². The number of benzene rings is 2. The van der Waals surface area contributed by atoms with Crippen LogP contribution in [0.15, 0.2) is 48.8 Å². The van der Waals surface area contributed by atoms with E-state index in [1.54, 1.807) is 0 Å². The molecule has 2 N–H and O–H groups in total. The number of carbonyl (C=O) groups is 2. The molecule has 0 bridgehead atoms. The van der Waals surface area contributed by atoms with E-state index in [2.05, 4.69) is 20.3 Å². The minimum absolute atomic E-state index is 0.0909. The molecule has 0 radical (unpaired) electrons. The van der Waals surface area contributed by atoms with Crippen molar-refractivity contribution in [3.8, 4) is 5.82 Å². The number of halogens is 5. The molecular formula is C20H10F5N5O3. The Morgan fingerprint density at radius 1 is 1.00 bits per heavy atom. The van der Waals surface area contributed by atoms with Crippen molar-refractivity contribution in [3.05, 3.63) is 77.4 Å². The molecule has 8 nitrogen and oxygen atoms in total. The molecule has 168 valence electrons. The second-order valence-electron chi connectivity index (χ2n) is 6.59. The molecule has 0 saturated heterocycles. The number of nitrogens with zero attached hydrogens (tertiary/aromatic N) is 4. The fraction of sp³-hybridized carbons (Fsp3) is 0.0500. The van der Waals surface area contributed by atoms with Gasteiger partial charge in [-0.15, -0.1) is 0 Å². The van der Waals surface area contributed by atoms with Gasteiger partial charge >= 0.3 is 12.1 Å². The van der Waals surface area contributed by atoms with E-state index in [0.29, 0.717) is 4.57 Å². The first-order chi connectivity index (χ1) is 15.6. The summed E-state index contributed by atoms with van der Waals surface area (Å²) in [5, 5.41) is 11.2. The lowest BCUT2D eigenvalue weighted by molar-refractivity contribution is -0.145. The van der Waals surface area contributed by atoms with Crippen LogP contribution in [0.2, 0.25) is 0 Å². The third-order valence-corrected chi connectivity index (χ3v) is 4.45. The maximum Gasteiger partial charge on any atom is 0.450 e. The summed E-state index contributed by atoms with van der Waals surface area (Å²) in [6.07, 6.45) is -3.14. The molecule has 33 heavy (non-hydrogen) atoms. The number of hydrogen-bond acceptors (Lipinski definition) is 5. The van der Waals surface area contributed by atoms with E-state index in [-0.39, 0.29) is 28.2 Å². The lowest BCUT2D eigenvalue weighted by Gasteiger charge is -2.11. The molecule has 13 heteroatoms. The highest BCUT2D eigenvalue weighted by molar-refractivity contribution is 6.04. The number of fused-ring (bicyclic) bond motifs is 1. The number of rotatable bonds is 4. The van der Waals surface area contributed by atoms with Crippen LogP contribution in [0, 0.1) is 11.6 Å². The Morgan fingerprint density at radius 2 is 1.70 bits per heavy atom. The third kappa shape index (κ3) is 4.07. The van der Waals surface area contributed by atoms with Crippen molar-refractivity contribution in [1.82, 2.24) is 19.5 Å².